The van der Waals surface area contributed by atoms with E-state index in [0.29, 0.717) is 17.4 Å². The van der Waals surface area contributed by atoms with Gasteiger partial charge in [-0.05, 0) is 55.8 Å². The van der Waals surface area contributed by atoms with Gasteiger partial charge in [-0.1, -0.05) is 12.1 Å². The van der Waals surface area contributed by atoms with Crippen LogP contribution >= 0.6 is 0 Å². The molecule has 2 nitrogen and oxygen atoms in total. The van der Waals surface area contributed by atoms with Gasteiger partial charge >= 0.3 is 0 Å². The predicted molar refractivity (Wildman–Crippen MR) is 73.7 cm³/mol. The summed E-state index contributed by atoms with van der Waals surface area (Å²) in [5, 5.41) is 3.50. The lowest BCUT2D eigenvalue weighted by Crippen LogP contribution is -2.48. The highest BCUT2D eigenvalue weighted by Gasteiger charge is 2.44. The average Bonchev–Trinajstić information content (AvgIpc) is 2.40. The van der Waals surface area contributed by atoms with Gasteiger partial charge in [0.1, 0.15) is 5.82 Å². The number of ether oxygens (including phenoxy) is 1. The molecule has 104 valence electrons. The Morgan fingerprint density at radius 3 is 2.79 bits per heavy atom. The molecule has 0 saturated carbocycles. The number of hydrogen-bond donors (Lipinski definition) is 1. The molecule has 2 aliphatic heterocycles. The highest BCUT2D eigenvalue weighted by molar-refractivity contribution is 5.25. The quantitative estimate of drug-likeness (QED) is 0.840. The van der Waals surface area contributed by atoms with E-state index >= 15 is 0 Å². The Balaban J connectivity index is 1.90. The van der Waals surface area contributed by atoms with Crippen LogP contribution in [0.4, 0.5) is 4.39 Å². The first-order valence-corrected chi connectivity index (χ1v) is 7.27. The lowest BCUT2D eigenvalue weighted by molar-refractivity contribution is -0.0596. The van der Waals surface area contributed by atoms with E-state index in [4.69, 9.17) is 4.74 Å². The lowest BCUT2D eigenvalue weighted by Gasteiger charge is -2.49. The molecule has 0 aliphatic carbocycles. The largest absolute Gasteiger partial charge is 0.378 e. The third-order valence-corrected chi connectivity index (χ3v) is 4.86. The number of hydrogen-bond acceptors (Lipinski definition) is 2. The van der Waals surface area contributed by atoms with Crippen molar-refractivity contribution in [2.75, 3.05) is 19.7 Å². The van der Waals surface area contributed by atoms with Crippen LogP contribution in [0.15, 0.2) is 24.3 Å². The van der Waals surface area contributed by atoms with Gasteiger partial charge in [0.2, 0.25) is 0 Å². The number of piperidine rings is 1. The second-order valence-corrected chi connectivity index (χ2v) is 6.06. The van der Waals surface area contributed by atoms with Crippen molar-refractivity contribution in [1.29, 1.82) is 0 Å². The second-order valence-electron chi connectivity index (χ2n) is 6.06. The molecule has 0 radical (unpaired) electrons. The van der Waals surface area contributed by atoms with Crippen LogP contribution < -0.4 is 5.32 Å². The monoisotopic (exact) mass is 263 g/mol. The number of halogens is 1. The lowest BCUT2D eigenvalue weighted by atomic mass is 9.62. The van der Waals surface area contributed by atoms with E-state index < -0.39 is 0 Å². The van der Waals surface area contributed by atoms with Crippen LogP contribution in [0, 0.1) is 11.2 Å². The summed E-state index contributed by atoms with van der Waals surface area (Å²) in [5.41, 5.74) is 1.60. The van der Waals surface area contributed by atoms with Gasteiger partial charge in [0, 0.05) is 19.1 Å². The van der Waals surface area contributed by atoms with Crippen molar-refractivity contribution in [3.05, 3.63) is 35.6 Å². The van der Waals surface area contributed by atoms with E-state index in [2.05, 4.69) is 12.2 Å². The molecule has 3 heteroatoms. The Hall–Kier alpha value is -0.930. The third kappa shape index (κ3) is 2.54. The fraction of sp³-hybridized carbons (Fsp3) is 0.625. The Bertz CT molecular complexity index is 429. The van der Waals surface area contributed by atoms with Crippen LogP contribution in [-0.4, -0.2) is 25.8 Å². The summed E-state index contributed by atoms with van der Waals surface area (Å²) in [6.45, 7) is 5.12. The van der Waals surface area contributed by atoms with Gasteiger partial charge < -0.3 is 10.1 Å². The molecule has 0 bridgehead atoms. The predicted octanol–water partition coefficient (Wildman–Crippen LogP) is 3.09. The van der Waals surface area contributed by atoms with Crippen molar-refractivity contribution in [2.24, 2.45) is 5.41 Å². The van der Waals surface area contributed by atoms with Gasteiger partial charge in [-0.25, -0.2) is 4.39 Å². The highest BCUT2D eigenvalue weighted by atomic mass is 19.1. The molecule has 1 aromatic carbocycles. The van der Waals surface area contributed by atoms with Gasteiger partial charge in [0.05, 0.1) is 6.10 Å². The van der Waals surface area contributed by atoms with Crippen LogP contribution in [0.1, 0.15) is 37.7 Å². The van der Waals surface area contributed by atoms with Gasteiger partial charge in [0.15, 0.2) is 0 Å². The first-order valence-electron chi connectivity index (χ1n) is 7.27. The minimum atomic E-state index is -0.151. The molecular weight excluding hydrogens is 241 g/mol. The minimum Gasteiger partial charge on any atom is -0.378 e. The fourth-order valence-corrected chi connectivity index (χ4v) is 3.88. The maximum Gasteiger partial charge on any atom is 0.123 e. The van der Waals surface area contributed by atoms with Crippen molar-refractivity contribution in [3.63, 3.8) is 0 Å². The van der Waals surface area contributed by atoms with Crippen LogP contribution in [0.3, 0.4) is 0 Å². The highest BCUT2D eigenvalue weighted by Crippen LogP contribution is 2.49. The summed E-state index contributed by atoms with van der Waals surface area (Å²) in [6, 6.07) is 7.07. The molecule has 3 rings (SSSR count). The molecule has 2 aliphatic rings. The average molecular weight is 263 g/mol. The topological polar surface area (TPSA) is 21.3 Å². The van der Waals surface area contributed by atoms with Crippen LogP contribution in [-0.2, 0) is 4.74 Å². The van der Waals surface area contributed by atoms with Gasteiger partial charge in [-0.2, -0.15) is 0 Å². The summed E-state index contributed by atoms with van der Waals surface area (Å²) in [6.07, 6.45) is 3.79. The molecule has 1 aromatic rings. The van der Waals surface area contributed by atoms with Crippen LogP contribution in [0.25, 0.3) is 0 Å². The van der Waals surface area contributed by atoms with Crippen molar-refractivity contribution in [1.82, 2.24) is 5.32 Å². The van der Waals surface area contributed by atoms with Crippen molar-refractivity contribution in [3.8, 4) is 0 Å². The molecule has 1 N–H and O–H groups in total. The molecule has 19 heavy (non-hydrogen) atoms. The van der Waals surface area contributed by atoms with Gasteiger partial charge in [0.25, 0.3) is 0 Å². The first kappa shape index (κ1) is 13.1. The van der Waals surface area contributed by atoms with Crippen LogP contribution in [0.2, 0.25) is 0 Å². The summed E-state index contributed by atoms with van der Waals surface area (Å²) >= 11 is 0. The summed E-state index contributed by atoms with van der Waals surface area (Å²) in [5.74, 6) is 0.329. The number of benzene rings is 1. The standard InChI is InChI=1S/C16H22FNO/c1-12-10-16(7-9-19-12)6-8-18-11-15(16)13-2-4-14(17)5-3-13/h2-5,12,15,18H,6-11H2,1H3. The maximum absolute atomic E-state index is 13.1. The van der Waals surface area contributed by atoms with E-state index in [1.807, 2.05) is 12.1 Å². The molecule has 0 aromatic heterocycles. The van der Waals surface area contributed by atoms with Gasteiger partial charge in [-0.15, -0.1) is 0 Å². The second kappa shape index (κ2) is 5.22. The molecule has 2 fully saturated rings. The summed E-state index contributed by atoms with van der Waals surface area (Å²) in [4.78, 5) is 0. The zero-order valence-electron chi connectivity index (χ0n) is 11.5. The Kier molecular flexibility index (Phi) is 3.59. The van der Waals surface area contributed by atoms with E-state index in [0.717, 1.165) is 32.5 Å². The zero-order valence-corrected chi connectivity index (χ0v) is 11.5. The van der Waals surface area contributed by atoms with E-state index in [1.54, 1.807) is 12.1 Å². The molecule has 1 spiro atoms. The van der Waals surface area contributed by atoms with Crippen molar-refractivity contribution in [2.45, 2.75) is 38.2 Å². The number of rotatable bonds is 1. The molecule has 0 amide bonds. The van der Waals surface area contributed by atoms with Crippen molar-refractivity contribution >= 4 is 0 Å². The molecule has 3 unspecified atom stereocenters. The van der Waals surface area contributed by atoms with Crippen LogP contribution in [0.5, 0.6) is 0 Å². The first-order chi connectivity index (χ1) is 9.20. The van der Waals surface area contributed by atoms with E-state index in [9.17, 15) is 4.39 Å². The minimum absolute atomic E-state index is 0.151. The Morgan fingerprint density at radius 1 is 1.26 bits per heavy atom. The maximum atomic E-state index is 13.1. The molecule has 2 saturated heterocycles. The SMILES string of the molecule is CC1CC2(CCNCC2c2ccc(F)cc2)CCO1. The molecule has 3 atom stereocenters. The Labute approximate surface area is 114 Å². The van der Waals surface area contributed by atoms with E-state index in [-0.39, 0.29) is 5.82 Å². The fourth-order valence-electron chi connectivity index (χ4n) is 3.88. The molecular formula is C16H22FNO. The smallest absolute Gasteiger partial charge is 0.123 e. The number of nitrogens with one attached hydrogen (secondary N) is 1. The summed E-state index contributed by atoms with van der Waals surface area (Å²) < 4.78 is 18.8. The third-order valence-electron chi connectivity index (χ3n) is 4.86. The Morgan fingerprint density at radius 2 is 2.05 bits per heavy atom. The van der Waals surface area contributed by atoms with Crippen molar-refractivity contribution < 1.29 is 9.13 Å². The summed E-state index contributed by atoms with van der Waals surface area (Å²) in [7, 11) is 0. The van der Waals surface area contributed by atoms with Gasteiger partial charge in [-0.3, -0.25) is 0 Å². The van der Waals surface area contributed by atoms with E-state index in [1.165, 1.54) is 12.0 Å². The zero-order chi connectivity index (χ0) is 13.3. The molecule has 2 heterocycles. The normalized spacial score (nSPS) is 35.5.